The summed E-state index contributed by atoms with van der Waals surface area (Å²) >= 11 is 1.83. The second-order valence-corrected chi connectivity index (χ2v) is 5.63. The summed E-state index contributed by atoms with van der Waals surface area (Å²) in [6.45, 7) is 3.67. The van der Waals surface area contributed by atoms with E-state index >= 15 is 0 Å². The first-order valence-corrected chi connectivity index (χ1v) is 7.74. The Balaban J connectivity index is 2.23. The lowest BCUT2D eigenvalue weighted by atomic mass is 10.0. The van der Waals surface area contributed by atoms with E-state index in [0.717, 1.165) is 38.1 Å². The van der Waals surface area contributed by atoms with E-state index in [1.165, 1.54) is 0 Å². The van der Waals surface area contributed by atoms with Gasteiger partial charge in [0.2, 0.25) is 0 Å². The minimum Gasteiger partial charge on any atom is -0.394 e. The number of unbranched alkanes of at least 4 members (excludes halogenated alkanes) is 1. The van der Waals surface area contributed by atoms with E-state index in [1.54, 1.807) is 4.90 Å². The number of hydrogen-bond donors (Lipinski definition) is 2. The number of urea groups is 1. The Labute approximate surface area is 108 Å². The summed E-state index contributed by atoms with van der Waals surface area (Å²) in [7, 11) is 0. The standard InChI is InChI=1S/C12H24N2O2S/c1-10-5-7-14(11(10)9-15)12(16)13-6-3-4-8-17-2/h10-11,15H,3-9H2,1-2H3,(H,13,16)/t10-,11+/m1/s1. The number of carbonyl (C=O) groups is 1. The average molecular weight is 260 g/mol. The molecule has 1 heterocycles. The zero-order chi connectivity index (χ0) is 12.7. The molecular weight excluding hydrogens is 236 g/mol. The van der Waals surface area contributed by atoms with Crippen molar-refractivity contribution in [3.8, 4) is 0 Å². The Morgan fingerprint density at radius 1 is 1.53 bits per heavy atom. The topological polar surface area (TPSA) is 52.6 Å². The van der Waals surface area contributed by atoms with Crippen LogP contribution in [0.25, 0.3) is 0 Å². The maximum Gasteiger partial charge on any atom is 0.317 e. The number of nitrogens with one attached hydrogen (secondary N) is 1. The van der Waals surface area contributed by atoms with Crippen molar-refractivity contribution in [3.05, 3.63) is 0 Å². The Hall–Kier alpha value is -0.420. The van der Waals surface area contributed by atoms with Gasteiger partial charge in [-0.3, -0.25) is 0 Å². The van der Waals surface area contributed by atoms with E-state index in [4.69, 9.17) is 0 Å². The number of nitrogens with zero attached hydrogens (tertiary/aromatic N) is 1. The normalized spacial score (nSPS) is 24.1. The van der Waals surface area contributed by atoms with Crippen LogP contribution in [-0.2, 0) is 0 Å². The van der Waals surface area contributed by atoms with Gasteiger partial charge in [-0.05, 0) is 37.2 Å². The number of hydrogen-bond acceptors (Lipinski definition) is 3. The average Bonchev–Trinajstić information content (AvgIpc) is 2.70. The number of aliphatic hydroxyl groups excluding tert-OH is 1. The Kier molecular flexibility index (Phi) is 6.73. The zero-order valence-electron chi connectivity index (χ0n) is 10.8. The van der Waals surface area contributed by atoms with Crippen LogP contribution in [0.5, 0.6) is 0 Å². The molecule has 1 fully saturated rings. The third kappa shape index (κ3) is 4.39. The molecule has 0 aromatic heterocycles. The quantitative estimate of drug-likeness (QED) is 0.712. The maximum absolute atomic E-state index is 11.9. The molecule has 0 bridgehead atoms. The highest BCUT2D eigenvalue weighted by Crippen LogP contribution is 2.23. The molecule has 100 valence electrons. The molecule has 1 aliphatic rings. The van der Waals surface area contributed by atoms with E-state index < -0.39 is 0 Å². The van der Waals surface area contributed by atoms with Crippen molar-refractivity contribution in [1.82, 2.24) is 10.2 Å². The molecule has 2 N–H and O–H groups in total. The first kappa shape index (κ1) is 14.6. The highest BCUT2D eigenvalue weighted by molar-refractivity contribution is 7.98. The van der Waals surface area contributed by atoms with Gasteiger partial charge in [0.1, 0.15) is 0 Å². The highest BCUT2D eigenvalue weighted by Gasteiger charge is 2.33. The molecule has 1 aliphatic heterocycles. The molecule has 0 aromatic rings. The van der Waals surface area contributed by atoms with Gasteiger partial charge in [-0.25, -0.2) is 4.79 Å². The molecule has 1 saturated heterocycles. The van der Waals surface area contributed by atoms with Crippen LogP contribution in [0.3, 0.4) is 0 Å². The molecule has 0 aromatic carbocycles. The van der Waals surface area contributed by atoms with Crippen molar-refractivity contribution in [2.75, 3.05) is 31.7 Å². The van der Waals surface area contributed by atoms with Gasteiger partial charge in [0.15, 0.2) is 0 Å². The largest absolute Gasteiger partial charge is 0.394 e. The Morgan fingerprint density at radius 3 is 2.94 bits per heavy atom. The van der Waals surface area contributed by atoms with Crippen LogP contribution in [0.1, 0.15) is 26.2 Å². The molecule has 2 amide bonds. The fourth-order valence-corrected chi connectivity index (χ4v) is 2.70. The third-order valence-corrected chi connectivity index (χ3v) is 4.08. The lowest BCUT2D eigenvalue weighted by molar-refractivity contribution is 0.144. The van der Waals surface area contributed by atoms with E-state index in [0.29, 0.717) is 5.92 Å². The molecule has 0 spiro atoms. The number of aliphatic hydroxyl groups is 1. The lowest BCUT2D eigenvalue weighted by Crippen LogP contribution is -2.45. The monoisotopic (exact) mass is 260 g/mol. The fraction of sp³-hybridized carbons (Fsp3) is 0.917. The molecular formula is C12H24N2O2S. The summed E-state index contributed by atoms with van der Waals surface area (Å²) in [5.74, 6) is 1.55. The van der Waals surface area contributed by atoms with Crippen molar-refractivity contribution in [3.63, 3.8) is 0 Å². The van der Waals surface area contributed by atoms with Crippen LogP contribution >= 0.6 is 11.8 Å². The molecule has 17 heavy (non-hydrogen) atoms. The molecule has 2 atom stereocenters. The van der Waals surface area contributed by atoms with Crippen LogP contribution in [0.15, 0.2) is 0 Å². The van der Waals surface area contributed by atoms with Gasteiger partial charge in [-0.15, -0.1) is 0 Å². The predicted octanol–water partition coefficient (Wildman–Crippen LogP) is 1.54. The Morgan fingerprint density at radius 2 is 2.29 bits per heavy atom. The van der Waals surface area contributed by atoms with Crippen molar-refractivity contribution >= 4 is 17.8 Å². The number of carbonyl (C=O) groups excluding carboxylic acids is 1. The van der Waals surface area contributed by atoms with Gasteiger partial charge in [0.25, 0.3) is 0 Å². The number of amides is 2. The minimum atomic E-state index is -0.0162. The van der Waals surface area contributed by atoms with E-state index in [2.05, 4.69) is 18.5 Å². The first-order chi connectivity index (χ1) is 8.20. The van der Waals surface area contributed by atoms with E-state index in [1.807, 2.05) is 11.8 Å². The molecule has 1 rings (SSSR count). The minimum absolute atomic E-state index is 0.00111. The van der Waals surface area contributed by atoms with Gasteiger partial charge < -0.3 is 15.3 Å². The van der Waals surface area contributed by atoms with Crippen LogP contribution in [-0.4, -0.2) is 53.8 Å². The van der Waals surface area contributed by atoms with E-state index in [9.17, 15) is 9.90 Å². The van der Waals surface area contributed by atoms with Crippen LogP contribution in [0.2, 0.25) is 0 Å². The third-order valence-electron chi connectivity index (χ3n) is 3.38. The van der Waals surface area contributed by atoms with Crippen molar-refractivity contribution in [2.24, 2.45) is 5.92 Å². The molecule has 0 saturated carbocycles. The molecule has 0 unspecified atom stereocenters. The summed E-state index contributed by atoms with van der Waals surface area (Å²) < 4.78 is 0. The molecule has 0 radical (unpaired) electrons. The fourth-order valence-electron chi connectivity index (χ4n) is 2.21. The predicted molar refractivity (Wildman–Crippen MR) is 72.4 cm³/mol. The zero-order valence-corrected chi connectivity index (χ0v) is 11.6. The Bertz CT molecular complexity index is 239. The van der Waals surface area contributed by atoms with Gasteiger partial charge in [0.05, 0.1) is 12.6 Å². The molecule has 0 aliphatic carbocycles. The lowest BCUT2D eigenvalue weighted by Gasteiger charge is -2.25. The van der Waals surface area contributed by atoms with Gasteiger partial charge in [-0.1, -0.05) is 6.92 Å². The first-order valence-electron chi connectivity index (χ1n) is 6.35. The summed E-state index contributed by atoms with van der Waals surface area (Å²) in [6.07, 6.45) is 5.25. The van der Waals surface area contributed by atoms with Crippen molar-refractivity contribution in [1.29, 1.82) is 0 Å². The number of rotatable bonds is 6. The highest BCUT2D eigenvalue weighted by atomic mass is 32.2. The number of thioether (sulfide) groups is 1. The van der Waals surface area contributed by atoms with Crippen LogP contribution in [0.4, 0.5) is 4.79 Å². The molecule has 4 nitrogen and oxygen atoms in total. The summed E-state index contributed by atoms with van der Waals surface area (Å²) in [4.78, 5) is 13.7. The maximum atomic E-state index is 11.9. The smallest absolute Gasteiger partial charge is 0.317 e. The van der Waals surface area contributed by atoms with Gasteiger partial charge >= 0.3 is 6.03 Å². The SMILES string of the molecule is CSCCCCNC(=O)N1CC[C@@H](C)[C@@H]1CO. The van der Waals surface area contributed by atoms with E-state index in [-0.39, 0.29) is 18.7 Å². The summed E-state index contributed by atoms with van der Waals surface area (Å²) in [5, 5.41) is 12.2. The second kappa shape index (κ2) is 7.82. The number of likely N-dealkylation sites (tertiary alicyclic amines) is 1. The second-order valence-electron chi connectivity index (χ2n) is 4.64. The summed E-state index contributed by atoms with van der Waals surface area (Å²) in [5.41, 5.74) is 0. The van der Waals surface area contributed by atoms with Gasteiger partial charge in [-0.2, -0.15) is 11.8 Å². The van der Waals surface area contributed by atoms with Crippen LogP contribution in [0, 0.1) is 5.92 Å². The van der Waals surface area contributed by atoms with Gasteiger partial charge in [0, 0.05) is 13.1 Å². The molecule has 5 heteroatoms. The summed E-state index contributed by atoms with van der Waals surface area (Å²) in [6, 6.07) is -0.0150. The van der Waals surface area contributed by atoms with Crippen molar-refractivity contribution < 1.29 is 9.90 Å². The van der Waals surface area contributed by atoms with Crippen LogP contribution < -0.4 is 5.32 Å². The van der Waals surface area contributed by atoms with Crippen molar-refractivity contribution in [2.45, 2.75) is 32.2 Å².